The smallest absolute Gasteiger partial charge is 0.307 e. The Morgan fingerprint density at radius 2 is 2.00 bits per heavy atom. The number of rotatable bonds is 3. The number of hydrogen-bond donors (Lipinski definition) is 0. The molecular weight excluding hydrogens is 220 g/mol. The number of carbonyl (C=O) groups excluding carboxylic acids is 1. The average molecular weight is 237 g/mol. The molecule has 0 heterocycles. The van der Waals surface area contributed by atoms with E-state index in [4.69, 9.17) is 4.74 Å². The van der Waals surface area contributed by atoms with Crippen LogP contribution in [0.4, 0.5) is 0 Å². The van der Waals surface area contributed by atoms with Gasteiger partial charge in [0.25, 0.3) is 0 Å². The third-order valence-electron chi connectivity index (χ3n) is 1.25. The molecule has 0 aromatic carbocycles. The Kier molecular flexibility index (Phi) is 4.83. The second kappa shape index (κ2) is 4.85. The summed E-state index contributed by atoms with van der Waals surface area (Å²) in [6.07, 6.45) is 1.40. The lowest BCUT2D eigenvalue weighted by molar-refractivity contribution is -0.154. The monoisotopic (exact) mass is 236 g/mol. The van der Waals surface area contributed by atoms with Gasteiger partial charge in [0.05, 0.1) is 6.42 Å². The van der Waals surface area contributed by atoms with E-state index in [-0.39, 0.29) is 16.4 Å². The summed E-state index contributed by atoms with van der Waals surface area (Å²) in [5, 5.41) is 0. The van der Waals surface area contributed by atoms with Crippen molar-refractivity contribution in [2.75, 3.05) is 0 Å². The zero-order chi connectivity index (χ0) is 9.78. The molecule has 0 rings (SSSR count). The Hall–Kier alpha value is -0.0500. The van der Waals surface area contributed by atoms with Crippen LogP contribution in [0.25, 0.3) is 0 Å². The van der Waals surface area contributed by atoms with E-state index < -0.39 is 0 Å². The summed E-state index contributed by atoms with van der Waals surface area (Å²) in [6.45, 7) is 7.66. The van der Waals surface area contributed by atoms with Crippen LogP contribution in [0.3, 0.4) is 0 Å². The Labute approximate surface area is 82.8 Å². The van der Waals surface area contributed by atoms with E-state index in [2.05, 4.69) is 15.9 Å². The molecule has 0 amide bonds. The van der Waals surface area contributed by atoms with Crippen LogP contribution >= 0.6 is 15.9 Å². The molecule has 0 saturated carbocycles. The Balaban J connectivity index is 3.75. The van der Waals surface area contributed by atoms with Crippen LogP contribution in [-0.2, 0) is 9.53 Å². The molecule has 3 heteroatoms. The van der Waals surface area contributed by atoms with Crippen LogP contribution in [0.1, 0.15) is 40.5 Å². The Bertz CT molecular complexity index is 149. The fraction of sp³-hybridized carbons (Fsp3) is 0.889. The minimum absolute atomic E-state index is 0.133. The summed E-state index contributed by atoms with van der Waals surface area (Å²) in [5.74, 6) is -0.133. The van der Waals surface area contributed by atoms with Gasteiger partial charge in [-0.3, -0.25) is 4.79 Å². The van der Waals surface area contributed by atoms with Crippen molar-refractivity contribution >= 4 is 21.9 Å². The molecule has 72 valence electrons. The second-order valence-corrected chi connectivity index (χ2v) is 5.09. The second-order valence-electron chi connectivity index (χ2n) is 3.80. The highest BCUT2D eigenvalue weighted by atomic mass is 79.9. The zero-order valence-electron chi connectivity index (χ0n) is 8.19. The molecule has 0 fully saturated rings. The fourth-order valence-corrected chi connectivity index (χ4v) is 0.973. The molecule has 0 aromatic heterocycles. The molecule has 0 aliphatic heterocycles. The van der Waals surface area contributed by atoms with Crippen molar-refractivity contribution < 1.29 is 9.53 Å². The Morgan fingerprint density at radius 3 is 2.33 bits per heavy atom. The highest BCUT2D eigenvalue weighted by molar-refractivity contribution is 9.09. The summed E-state index contributed by atoms with van der Waals surface area (Å²) in [4.78, 5) is 11.4. The largest absolute Gasteiger partial charge is 0.460 e. The molecule has 1 atom stereocenters. The third-order valence-corrected chi connectivity index (χ3v) is 2.22. The average Bonchev–Trinajstić information content (AvgIpc) is 1.82. The van der Waals surface area contributed by atoms with E-state index in [1.54, 1.807) is 0 Å². The van der Waals surface area contributed by atoms with E-state index in [1.807, 2.05) is 27.7 Å². The standard InChI is InChI=1S/C9H17BrO2/c1-5-7(10)6-8(11)12-9(2,3)4/h7H,5-6H2,1-4H3. The number of carbonyl (C=O) groups is 1. The lowest BCUT2D eigenvalue weighted by Gasteiger charge is -2.20. The van der Waals surface area contributed by atoms with Crippen molar-refractivity contribution in [3.05, 3.63) is 0 Å². The van der Waals surface area contributed by atoms with Gasteiger partial charge in [0.1, 0.15) is 5.60 Å². The first-order chi connectivity index (χ1) is 5.35. The molecule has 1 unspecified atom stereocenters. The number of ether oxygens (including phenoxy) is 1. The summed E-state index contributed by atoms with van der Waals surface area (Å²) >= 11 is 3.38. The zero-order valence-corrected chi connectivity index (χ0v) is 9.77. The van der Waals surface area contributed by atoms with Gasteiger partial charge in [0.2, 0.25) is 0 Å². The quantitative estimate of drug-likeness (QED) is 0.557. The van der Waals surface area contributed by atoms with Crippen molar-refractivity contribution in [2.45, 2.75) is 51.0 Å². The van der Waals surface area contributed by atoms with Gasteiger partial charge in [-0.15, -0.1) is 0 Å². The number of alkyl halides is 1. The first-order valence-electron chi connectivity index (χ1n) is 4.21. The van der Waals surface area contributed by atoms with Crippen molar-refractivity contribution in [2.24, 2.45) is 0 Å². The minimum Gasteiger partial charge on any atom is -0.460 e. The molecule has 0 saturated heterocycles. The highest BCUT2D eigenvalue weighted by Crippen LogP contribution is 2.14. The third kappa shape index (κ3) is 6.65. The molecule has 12 heavy (non-hydrogen) atoms. The normalized spacial score (nSPS) is 14.1. The van der Waals surface area contributed by atoms with E-state index in [0.29, 0.717) is 6.42 Å². The summed E-state index contributed by atoms with van der Waals surface area (Å²) in [6, 6.07) is 0. The Morgan fingerprint density at radius 1 is 1.50 bits per heavy atom. The van der Waals surface area contributed by atoms with E-state index in [0.717, 1.165) is 6.42 Å². The van der Waals surface area contributed by atoms with Crippen LogP contribution < -0.4 is 0 Å². The van der Waals surface area contributed by atoms with Crippen LogP contribution in [0, 0.1) is 0 Å². The number of hydrogen-bond acceptors (Lipinski definition) is 2. The van der Waals surface area contributed by atoms with Gasteiger partial charge in [-0.25, -0.2) is 0 Å². The van der Waals surface area contributed by atoms with Gasteiger partial charge < -0.3 is 4.74 Å². The molecule has 0 bridgehead atoms. The molecule has 0 radical (unpaired) electrons. The van der Waals surface area contributed by atoms with Crippen LogP contribution in [0.2, 0.25) is 0 Å². The highest BCUT2D eigenvalue weighted by Gasteiger charge is 2.17. The lowest BCUT2D eigenvalue weighted by atomic mass is 10.2. The van der Waals surface area contributed by atoms with E-state index in [9.17, 15) is 4.79 Å². The van der Waals surface area contributed by atoms with Crippen LogP contribution in [0.15, 0.2) is 0 Å². The van der Waals surface area contributed by atoms with Gasteiger partial charge in [-0.2, -0.15) is 0 Å². The summed E-state index contributed by atoms with van der Waals surface area (Å²) < 4.78 is 5.14. The van der Waals surface area contributed by atoms with Gasteiger partial charge >= 0.3 is 5.97 Å². The topological polar surface area (TPSA) is 26.3 Å². The maximum atomic E-state index is 11.2. The SMILES string of the molecule is CCC(Br)CC(=O)OC(C)(C)C. The predicted octanol–water partition coefficient (Wildman–Crippen LogP) is 2.89. The van der Waals surface area contributed by atoms with Crippen molar-refractivity contribution in [3.63, 3.8) is 0 Å². The van der Waals surface area contributed by atoms with Crippen molar-refractivity contribution in [1.82, 2.24) is 0 Å². The molecule has 0 N–H and O–H groups in total. The summed E-state index contributed by atoms with van der Waals surface area (Å²) in [7, 11) is 0. The first-order valence-corrected chi connectivity index (χ1v) is 5.12. The maximum Gasteiger partial charge on any atom is 0.307 e. The van der Waals surface area contributed by atoms with Gasteiger partial charge in [-0.05, 0) is 27.2 Å². The minimum atomic E-state index is -0.364. The molecule has 0 aliphatic carbocycles. The first kappa shape index (κ1) is 11.9. The maximum absolute atomic E-state index is 11.2. The van der Waals surface area contributed by atoms with E-state index in [1.165, 1.54) is 0 Å². The van der Waals surface area contributed by atoms with Gasteiger partial charge in [-0.1, -0.05) is 22.9 Å². The van der Waals surface area contributed by atoms with Crippen LogP contribution in [-0.4, -0.2) is 16.4 Å². The molecule has 0 aromatic rings. The number of halogens is 1. The predicted molar refractivity (Wildman–Crippen MR) is 53.5 cm³/mol. The van der Waals surface area contributed by atoms with Crippen molar-refractivity contribution in [1.29, 1.82) is 0 Å². The fourth-order valence-electron chi connectivity index (χ4n) is 0.708. The molecule has 0 spiro atoms. The van der Waals surface area contributed by atoms with Gasteiger partial charge in [0, 0.05) is 4.83 Å². The summed E-state index contributed by atoms with van der Waals surface area (Å²) in [5.41, 5.74) is -0.364. The van der Waals surface area contributed by atoms with Crippen molar-refractivity contribution in [3.8, 4) is 0 Å². The molecule has 0 aliphatic rings. The molecular formula is C9H17BrO2. The van der Waals surface area contributed by atoms with Gasteiger partial charge in [0.15, 0.2) is 0 Å². The number of esters is 1. The lowest BCUT2D eigenvalue weighted by Crippen LogP contribution is -2.25. The van der Waals surface area contributed by atoms with Crippen LogP contribution in [0.5, 0.6) is 0 Å². The molecule has 2 nitrogen and oxygen atoms in total. The van der Waals surface area contributed by atoms with E-state index >= 15 is 0 Å².